The predicted molar refractivity (Wildman–Crippen MR) is 118 cm³/mol. The van der Waals surface area contributed by atoms with Crippen LogP contribution < -0.4 is 15.2 Å². The first-order chi connectivity index (χ1) is 15.7. The van der Waals surface area contributed by atoms with Crippen LogP contribution in [0.1, 0.15) is 31.0 Å². The lowest BCUT2D eigenvalue weighted by Crippen LogP contribution is -2.46. The number of aromatic nitrogens is 2. The van der Waals surface area contributed by atoms with E-state index in [1.165, 1.54) is 22.8 Å². The number of ether oxygens (including phenoxy) is 1. The molecule has 2 aromatic heterocycles. The van der Waals surface area contributed by atoms with Crippen molar-refractivity contribution in [1.29, 1.82) is 5.26 Å². The average Bonchev–Trinajstić information content (AvgIpc) is 2.81. The van der Waals surface area contributed by atoms with Gasteiger partial charge in [0.05, 0.1) is 16.8 Å². The number of alkyl halides is 3. The molecule has 0 saturated carbocycles. The molecular formula is C24H23F3N4O2. The molecule has 1 aliphatic heterocycles. The summed E-state index contributed by atoms with van der Waals surface area (Å²) in [7, 11) is 1.66. The van der Waals surface area contributed by atoms with Crippen molar-refractivity contribution in [1.82, 2.24) is 9.55 Å². The van der Waals surface area contributed by atoms with Gasteiger partial charge in [-0.15, -0.1) is 0 Å². The van der Waals surface area contributed by atoms with Crippen molar-refractivity contribution in [3.63, 3.8) is 0 Å². The molecule has 1 aromatic carbocycles. The van der Waals surface area contributed by atoms with E-state index in [1.807, 2.05) is 13.0 Å². The van der Waals surface area contributed by atoms with Gasteiger partial charge in [-0.25, -0.2) is 4.98 Å². The van der Waals surface area contributed by atoms with E-state index < -0.39 is 11.7 Å². The van der Waals surface area contributed by atoms with Crippen LogP contribution in [-0.4, -0.2) is 28.7 Å². The highest BCUT2D eigenvalue weighted by atomic mass is 19.4. The Hall–Kier alpha value is -3.54. The molecule has 9 heteroatoms. The third kappa shape index (κ3) is 4.51. The fraction of sp³-hybridized carbons (Fsp3) is 0.375. The molecule has 2 atom stereocenters. The van der Waals surface area contributed by atoms with Crippen molar-refractivity contribution in [2.45, 2.75) is 32.0 Å². The zero-order valence-electron chi connectivity index (χ0n) is 18.3. The summed E-state index contributed by atoms with van der Waals surface area (Å²) < 4.78 is 46.7. The van der Waals surface area contributed by atoms with Crippen LogP contribution in [0.4, 0.5) is 18.9 Å². The topological polar surface area (TPSA) is 71.2 Å². The summed E-state index contributed by atoms with van der Waals surface area (Å²) >= 11 is 0. The number of piperidine rings is 1. The van der Waals surface area contributed by atoms with Gasteiger partial charge in [-0.05, 0) is 36.8 Å². The largest absolute Gasteiger partial charge is 0.490 e. The molecule has 3 aromatic rings. The van der Waals surface area contributed by atoms with Crippen LogP contribution >= 0.6 is 0 Å². The molecule has 172 valence electrons. The van der Waals surface area contributed by atoms with Crippen LogP contribution in [0, 0.1) is 17.2 Å². The van der Waals surface area contributed by atoms with Gasteiger partial charge >= 0.3 is 6.18 Å². The number of nitriles is 1. The molecule has 1 fully saturated rings. The Morgan fingerprint density at radius 1 is 1.24 bits per heavy atom. The lowest BCUT2D eigenvalue weighted by atomic mass is 9.91. The molecule has 1 saturated heterocycles. The van der Waals surface area contributed by atoms with Crippen LogP contribution in [-0.2, 0) is 13.2 Å². The summed E-state index contributed by atoms with van der Waals surface area (Å²) in [5.41, 5.74) is 1.20. The number of fused-ring (bicyclic) bond motifs is 1. The van der Waals surface area contributed by atoms with E-state index in [9.17, 15) is 23.2 Å². The van der Waals surface area contributed by atoms with Crippen LogP contribution in [0.5, 0.6) is 5.75 Å². The van der Waals surface area contributed by atoms with E-state index in [-0.39, 0.29) is 29.0 Å². The molecule has 4 rings (SSSR count). The van der Waals surface area contributed by atoms with E-state index in [0.29, 0.717) is 36.2 Å². The molecule has 0 N–H and O–H groups in total. The third-order valence-electron chi connectivity index (χ3n) is 6.16. The SMILES string of the molecule is CC[C@@H]1CN(c2cc(=O)n(C)c3ccc(C#N)nc23)CC[C@@H]1Oc1cccc(C(F)(F)F)c1. The normalized spacial score (nSPS) is 18.8. The number of pyridine rings is 2. The summed E-state index contributed by atoms with van der Waals surface area (Å²) in [6.45, 7) is 3.10. The fourth-order valence-electron chi connectivity index (χ4n) is 4.31. The zero-order valence-corrected chi connectivity index (χ0v) is 18.3. The second-order valence-electron chi connectivity index (χ2n) is 8.19. The quantitative estimate of drug-likeness (QED) is 0.578. The first-order valence-corrected chi connectivity index (χ1v) is 10.7. The van der Waals surface area contributed by atoms with Gasteiger partial charge in [0.15, 0.2) is 0 Å². The molecule has 0 amide bonds. The van der Waals surface area contributed by atoms with E-state index in [0.717, 1.165) is 18.6 Å². The smallest absolute Gasteiger partial charge is 0.416 e. The standard InChI is InChI=1S/C24H23F3N4O2/c1-3-15-14-31(10-9-21(15)33-18-6-4-5-16(11-18)24(25,26)27)20-12-22(32)30(2)19-8-7-17(13-28)29-23(19)20/h4-8,11-12,15,21H,3,9-10,14H2,1-2H3/t15-,21+/m1/s1. The van der Waals surface area contributed by atoms with Gasteiger partial charge in [0.2, 0.25) is 0 Å². The van der Waals surface area contributed by atoms with Crippen molar-refractivity contribution >= 4 is 16.7 Å². The highest BCUT2D eigenvalue weighted by Gasteiger charge is 2.33. The van der Waals surface area contributed by atoms with Gasteiger partial charge in [-0.3, -0.25) is 4.79 Å². The van der Waals surface area contributed by atoms with Gasteiger partial charge in [0.1, 0.15) is 29.1 Å². The molecule has 0 spiro atoms. The minimum absolute atomic E-state index is 0.0338. The van der Waals surface area contributed by atoms with Crippen molar-refractivity contribution in [2.24, 2.45) is 13.0 Å². The number of hydrogen-bond acceptors (Lipinski definition) is 5. The Bertz CT molecular complexity index is 1280. The Balaban J connectivity index is 1.61. The Morgan fingerprint density at radius 3 is 2.73 bits per heavy atom. The monoisotopic (exact) mass is 456 g/mol. The highest BCUT2D eigenvalue weighted by Crippen LogP contribution is 2.34. The molecule has 0 aliphatic carbocycles. The number of rotatable bonds is 4. The van der Waals surface area contributed by atoms with E-state index >= 15 is 0 Å². The van der Waals surface area contributed by atoms with Crippen molar-refractivity contribution in [3.8, 4) is 11.8 Å². The summed E-state index contributed by atoms with van der Waals surface area (Å²) in [5, 5.41) is 9.27. The van der Waals surface area contributed by atoms with Crippen LogP contribution in [0.2, 0.25) is 0 Å². The summed E-state index contributed by atoms with van der Waals surface area (Å²) in [4.78, 5) is 19.0. The minimum atomic E-state index is -4.43. The second kappa shape index (κ2) is 8.77. The number of benzene rings is 1. The van der Waals surface area contributed by atoms with Gasteiger partial charge in [0.25, 0.3) is 5.56 Å². The van der Waals surface area contributed by atoms with E-state index in [2.05, 4.69) is 9.88 Å². The Morgan fingerprint density at radius 2 is 2.03 bits per heavy atom. The van der Waals surface area contributed by atoms with Crippen molar-refractivity contribution in [2.75, 3.05) is 18.0 Å². The van der Waals surface area contributed by atoms with Gasteiger partial charge in [0, 0.05) is 38.5 Å². The van der Waals surface area contributed by atoms with Gasteiger partial charge in [-0.1, -0.05) is 13.0 Å². The van der Waals surface area contributed by atoms with E-state index in [1.54, 1.807) is 19.2 Å². The fourth-order valence-corrected chi connectivity index (χ4v) is 4.31. The van der Waals surface area contributed by atoms with Crippen molar-refractivity contribution < 1.29 is 17.9 Å². The Labute approximate surface area is 188 Å². The van der Waals surface area contributed by atoms with Crippen molar-refractivity contribution in [3.05, 3.63) is 64.1 Å². The molecule has 0 radical (unpaired) electrons. The van der Waals surface area contributed by atoms with Crippen LogP contribution in [0.3, 0.4) is 0 Å². The maximum atomic E-state index is 13.1. The molecule has 33 heavy (non-hydrogen) atoms. The lowest BCUT2D eigenvalue weighted by molar-refractivity contribution is -0.137. The second-order valence-corrected chi connectivity index (χ2v) is 8.19. The average molecular weight is 456 g/mol. The number of aryl methyl sites for hydroxylation is 1. The zero-order chi connectivity index (χ0) is 23.8. The first-order valence-electron chi connectivity index (χ1n) is 10.7. The van der Waals surface area contributed by atoms with Crippen LogP contribution in [0.15, 0.2) is 47.3 Å². The molecular weight excluding hydrogens is 433 g/mol. The maximum Gasteiger partial charge on any atom is 0.416 e. The number of anilines is 1. The number of hydrogen-bond donors (Lipinski definition) is 0. The molecule has 3 heterocycles. The number of nitrogens with zero attached hydrogens (tertiary/aromatic N) is 4. The van der Waals surface area contributed by atoms with Gasteiger partial charge in [-0.2, -0.15) is 18.4 Å². The Kier molecular flexibility index (Phi) is 6.02. The van der Waals surface area contributed by atoms with Gasteiger partial charge < -0.3 is 14.2 Å². The molecule has 0 bridgehead atoms. The van der Waals surface area contributed by atoms with Crippen LogP contribution in [0.25, 0.3) is 11.0 Å². The predicted octanol–water partition coefficient (Wildman–Crippen LogP) is 4.51. The maximum absolute atomic E-state index is 13.1. The first kappa shape index (κ1) is 22.6. The highest BCUT2D eigenvalue weighted by molar-refractivity contribution is 5.88. The minimum Gasteiger partial charge on any atom is -0.490 e. The summed E-state index contributed by atoms with van der Waals surface area (Å²) in [6, 6.07) is 11.8. The summed E-state index contributed by atoms with van der Waals surface area (Å²) in [6.07, 6.45) is -3.36. The van der Waals surface area contributed by atoms with E-state index in [4.69, 9.17) is 4.74 Å². The summed E-state index contributed by atoms with van der Waals surface area (Å²) in [5.74, 6) is 0.229. The third-order valence-corrected chi connectivity index (χ3v) is 6.16. The molecule has 1 aliphatic rings. The number of halogens is 3. The molecule has 0 unspecified atom stereocenters. The lowest BCUT2D eigenvalue weighted by Gasteiger charge is -2.39. The molecule has 6 nitrogen and oxygen atoms in total.